The summed E-state index contributed by atoms with van der Waals surface area (Å²) < 4.78 is 0. The van der Waals surface area contributed by atoms with E-state index in [1.54, 1.807) is 11.3 Å². The first-order chi connectivity index (χ1) is 5.74. The third kappa shape index (κ3) is 2.21. The minimum atomic E-state index is 0.0704. The lowest BCUT2D eigenvalue weighted by atomic mass is 10.3. The van der Waals surface area contributed by atoms with Crippen molar-refractivity contribution in [3.8, 4) is 0 Å². The molecule has 0 saturated carbocycles. The second-order valence-electron chi connectivity index (χ2n) is 2.35. The predicted octanol–water partition coefficient (Wildman–Crippen LogP) is 0.587. The second-order valence-corrected chi connectivity index (χ2v) is 3.33. The van der Waals surface area contributed by atoms with Crippen molar-refractivity contribution in [3.05, 3.63) is 22.4 Å². The predicted molar refractivity (Wildman–Crippen MR) is 51.7 cm³/mol. The fourth-order valence-electron chi connectivity index (χ4n) is 0.839. The van der Waals surface area contributed by atoms with Crippen LogP contribution in [0.4, 0.5) is 0 Å². The van der Waals surface area contributed by atoms with Gasteiger partial charge in [0.2, 0.25) is 5.96 Å². The number of nitrogens with zero attached hydrogens (tertiary/aromatic N) is 1. The summed E-state index contributed by atoms with van der Waals surface area (Å²) in [6.07, 6.45) is 0. The molecule has 5 N–H and O–H groups in total. The molecule has 1 unspecified atom stereocenters. The smallest absolute Gasteiger partial charge is 0.203 e. The van der Waals surface area contributed by atoms with E-state index in [9.17, 15) is 0 Å². The van der Waals surface area contributed by atoms with Gasteiger partial charge in [0.15, 0.2) is 0 Å². The van der Waals surface area contributed by atoms with Crippen LogP contribution in [-0.4, -0.2) is 5.96 Å². The summed E-state index contributed by atoms with van der Waals surface area (Å²) in [5, 5.41) is 2.01. The number of thiophene rings is 1. The zero-order valence-corrected chi connectivity index (χ0v) is 7.64. The topological polar surface area (TPSA) is 76.4 Å². The Kier molecular flexibility index (Phi) is 3.07. The number of guanidine groups is 1. The molecule has 0 amide bonds. The van der Waals surface area contributed by atoms with Crippen LogP contribution in [0.2, 0.25) is 0 Å². The molecule has 4 nitrogen and oxygen atoms in total. The molecule has 0 aliphatic heterocycles. The molecular weight excluding hydrogens is 172 g/mol. The van der Waals surface area contributed by atoms with Crippen molar-refractivity contribution in [1.29, 1.82) is 0 Å². The fraction of sp³-hybridized carbons (Fsp3) is 0.286. The van der Waals surface area contributed by atoms with Gasteiger partial charge in [0.05, 0.1) is 6.04 Å². The van der Waals surface area contributed by atoms with E-state index in [1.165, 1.54) is 4.88 Å². The van der Waals surface area contributed by atoms with Gasteiger partial charge in [0.1, 0.15) is 0 Å². The third-order valence-electron chi connectivity index (χ3n) is 1.44. The summed E-state index contributed by atoms with van der Waals surface area (Å²) in [5.74, 6) is 5.33. The van der Waals surface area contributed by atoms with Crippen molar-refractivity contribution in [2.45, 2.75) is 13.0 Å². The highest BCUT2D eigenvalue weighted by Crippen LogP contribution is 2.21. The summed E-state index contributed by atoms with van der Waals surface area (Å²) in [6, 6.07) is 4.07. The van der Waals surface area contributed by atoms with E-state index in [0.29, 0.717) is 0 Å². The van der Waals surface area contributed by atoms with Crippen LogP contribution in [0.15, 0.2) is 22.5 Å². The Morgan fingerprint density at radius 2 is 2.50 bits per heavy atom. The Hall–Kier alpha value is -1.07. The molecule has 1 aromatic rings. The van der Waals surface area contributed by atoms with Crippen LogP contribution < -0.4 is 17.0 Å². The quantitative estimate of drug-likeness (QED) is 0.272. The fourth-order valence-corrected chi connectivity index (χ4v) is 1.56. The number of rotatable bonds is 2. The Bertz CT molecular complexity index is 254. The highest BCUT2D eigenvalue weighted by molar-refractivity contribution is 7.10. The van der Waals surface area contributed by atoms with Gasteiger partial charge in [-0.25, -0.2) is 10.8 Å². The molecule has 1 heterocycles. The van der Waals surface area contributed by atoms with Crippen molar-refractivity contribution >= 4 is 17.3 Å². The van der Waals surface area contributed by atoms with Crippen LogP contribution in [0.1, 0.15) is 17.8 Å². The van der Waals surface area contributed by atoms with Crippen LogP contribution in [0.3, 0.4) is 0 Å². The standard InChI is InChI=1S/C7H12N4S/c1-5(10-7(8)11-9)6-3-2-4-12-6/h2-5H,9H2,1H3,(H3,8,10,11). The van der Waals surface area contributed by atoms with Gasteiger partial charge in [-0.15, -0.1) is 11.3 Å². The summed E-state index contributed by atoms with van der Waals surface area (Å²) >= 11 is 1.65. The van der Waals surface area contributed by atoms with Gasteiger partial charge in [-0.1, -0.05) is 6.07 Å². The number of hydrogen-bond acceptors (Lipinski definition) is 3. The van der Waals surface area contributed by atoms with E-state index in [0.717, 1.165) is 0 Å². The van der Waals surface area contributed by atoms with Crippen LogP contribution in [0, 0.1) is 0 Å². The van der Waals surface area contributed by atoms with E-state index < -0.39 is 0 Å². The molecule has 1 aromatic heterocycles. The van der Waals surface area contributed by atoms with E-state index in [2.05, 4.69) is 10.4 Å². The van der Waals surface area contributed by atoms with Gasteiger partial charge < -0.3 is 5.73 Å². The number of nitrogens with one attached hydrogen (secondary N) is 1. The third-order valence-corrected chi connectivity index (χ3v) is 2.48. The SMILES string of the molecule is CC(N=C(N)NN)c1cccs1. The maximum atomic E-state index is 5.40. The Morgan fingerprint density at radius 1 is 1.75 bits per heavy atom. The van der Waals surface area contributed by atoms with Crippen molar-refractivity contribution < 1.29 is 0 Å². The van der Waals surface area contributed by atoms with E-state index >= 15 is 0 Å². The Morgan fingerprint density at radius 3 is 3.00 bits per heavy atom. The van der Waals surface area contributed by atoms with Crippen molar-refractivity contribution in [3.63, 3.8) is 0 Å². The summed E-state index contributed by atoms with van der Waals surface area (Å²) in [5.41, 5.74) is 7.69. The minimum absolute atomic E-state index is 0.0704. The van der Waals surface area contributed by atoms with Gasteiger partial charge in [0, 0.05) is 4.88 Å². The zero-order valence-electron chi connectivity index (χ0n) is 6.82. The van der Waals surface area contributed by atoms with Crippen LogP contribution >= 0.6 is 11.3 Å². The van der Waals surface area contributed by atoms with Gasteiger partial charge in [-0.3, -0.25) is 5.43 Å². The summed E-state index contributed by atoms with van der Waals surface area (Å²) in [6.45, 7) is 1.97. The molecule has 0 bridgehead atoms. The molecule has 0 aromatic carbocycles. The first-order valence-corrected chi connectivity index (χ1v) is 4.45. The summed E-state index contributed by atoms with van der Waals surface area (Å²) in [7, 11) is 0. The lowest BCUT2D eigenvalue weighted by molar-refractivity contribution is 0.818. The molecule has 0 aliphatic carbocycles. The molecule has 66 valence electrons. The number of nitrogens with two attached hydrogens (primary N) is 2. The van der Waals surface area contributed by atoms with Crippen molar-refractivity contribution in [2.24, 2.45) is 16.6 Å². The largest absolute Gasteiger partial charge is 0.369 e. The maximum absolute atomic E-state index is 5.40. The molecular formula is C7H12N4S. The van der Waals surface area contributed by atoms with Crippen LogP contribution in [0.25, 0.3) is 0 Å². The highest BCUT2D eigenvalue weighted by Gasteiger charge is 2.03. The second kappa shape index (κ2) is 4.08. The molecule has 0 aliphatic rings. The molecule has 1 rings (SSSR count). The van der Waals surface area contributed by atoms with Gasteiger partial charge in [0.25, 0.3) is 0 Å². The molecule has 0 fully saturated rings. The van der Waals surface area contributed by atoms with Crippen molar-refractivity contribution in [1.82, 2.24) is 5.43 Å². The van der Waals surface area contributed by atoms with E-state index in [1.807, 2.05) is 24.4 Å². The molecule has 12 heavy (non-hydrogen) atoms. The van der Waals surface area contributed by atoms with Crippen LogP contribution in [-0.2, 0) is 0 Å². The van der Waals surface area contributed by atoms with E-state index in [4.69, 9.17) is 11.6 Å². The number of hydrazine groups is 1. The summed E-state index contributed by atoms with van der Waals surface area (Å²) in [4.78, 5) is 5.28. The van der Waals surface area contributed by atoms with Gasteiger partial charge in [-0.2, -0.15) is 0 Å². The number of hydrogen-bond donors (Lipinski definition) is 3. The minimum Gasteiger partial charge on any atom is -0.369 e. The first kappa shape index (κ1) is 9.02. The Labute approximate surface area is 75.3 Å². The first-order valence-electron chi connectivity index (χ1n) is 3.57. The van der Waals surface area contributed by atoms with Gasteiger partial charge >= 0.3 is 0 Å². The Balaban J connectivity index is 2.66. The molecule has 0 saturated heterocycles. The number of aliphatic imine (C=N–C) groups is 1. The van der Waals surface area contributed by atoms with Crippen molar-refractivity contribution in [2.75, 3.05) is 0 Å². The average Bonchev–Trinajstić information content (AvgIpc) is 2.56. The van der Waals surface area contributed by atoms with E-state index in [-0.39, 0.29) is 12.0 Å². The zero-order chi connectivity index (χ0) is 8.97. The molecule has 5 heteroatoms. The average molecular weight is 184 g/mol. The lowest BCUT2D eigenvalue weighted by Gasteiger charge is -2.04. The lowest BCUT2D eigenvalue weighted by Crippen LogP contribution is -2.37. The normalized spacial score (nSPS) is 14.3. The highest BCUT2D eigenvalue weighted by atomic mass is 32.1. The maximum Gasteiger partial charge on any atom is 0.203 e. The monoisotopic (exact) mass is 184 g/mol. The van der Waals surface area contributed by atoms with Gasteiger partial charge in [-0.05, 0) is 18.4 Å². The molecule has 1 atom stereocenters. The molecule has 0 radical (unpaired) electrons. The van der Waals surface area contributed by atoms with Crippen LogP contribution in [0.5, 0.6) is 0 Å². The molecule has 0 spiro atoms.